The van der Waals surface area contributed by atoms with Crippen LogP contribution in [-0.4, -0.2) is 36.5 Å². The molecule has 1 N–H and O–H groups in total. The molecule has 1 aliphatic carbocycles. The Hall–Kier alpha value is -0.570. The number of piperidine rings is 1. The van der Waals surface area contributed by atoms with Crippen LogP contribution < -0.4 is 5.32 Å². The molecule has 16 heavy (non-hydrogen) atoms. The fraction of sp³-hybridized carbons (Fsp3) is 0.923. The van der Waals surface area contributed by atoms with Gasteiger partial charge >= 0.3 is 0 Å². The standard InChI is InChI=1S/C13H24N2O/c1-9-5-4-8-14-12(9)13(16)15(3)10(2)11-6-7-11/h9-12,14H,4-8H2,1-3H3. The lowest BCUT2D eigenvalue weighted by Crippen LogP contribution is -2.53. The Kier molecular flexibility index (Phi) is 3.53. The van der Waals surface area contributed by atoms with Crippen molar-refractivity contribution in [2.45, 2.75) is 51.6 Å². The van der Waals surface area contributed by atoms with Crippen molar-refractivity contribution < 1.29 is 4.79 Å². The van der Waals surface area contributed by atoms with Gasteiger partial charge in [0.15, 0.2) is 0 Å². The fourth-order valence-corrected chi connectivity index (χ4v) is 2.70. The highest BCUT2D eigenvalue weighted by molar-refractivity contribution is 5.82. The SMILES string of the molecule is CC1CCCNC1C(=O)N(C)C(C)C1CC1. The van der Waals surface area contributed by atoms with E-state index in [1.807, 2.05) is 11.9 Å². The van der Waals surface area contributed by atoms with Crippen molar-refractivity contribution in [3.05, 3.63) is 0 Å². The summed E-state index contributed by atoms with van der Waals surface area (Å²) >= 11 is 0. The van der Waals surface area contributed by atoms with Crippen molar-refractivity contribution in [2.24, 2.45) is 11.8 Å². The number of likely N-dealkylation sites (N-methyl/N-ethyl adjacent to an activating group) is 1. The van der Waals surface area contributed by atoms with E-state index in [0.717, 1.165) is 12.5 Å². The fourth-order valence-electron chi connectivity index (χ4n) is 2.70. The molecule has 1 saturated carbocycles. The van der Waals surface area contributed by atoms with Crippen LogP contribution in [0, 0.1) is 11.8 Å². The zero-order valence-electron chi connectivity index (χ0n) is 10.7. The zero-order valence-corrected chi connectivity index (χ0v) is 10.7. The Bertz CT molecular complexity index is 263. The van der Waals surface area contributed by atoms with E-state index in [-0.39, 0.29) is 6.04 Å². The molecule has 1 heterocycles. The smallest absolute Gasteiger partial charge is 0.239 e. The molecule has 3 atom stereocenters. The van der Waals surface area contributed by atoms with E-state index in [9.17, 15) is 4.79 Å². The molecule has 3 nitrogen and oxygen atoms in total. The highest BCUT2D eigenvalue weighted by atomic mass is 16.2. The second-order valence-electron chi connectivity index (χ2n) is 5.58. The highest BCUT2D eigenvalue weighted by Gasteiger charge is 2.36. The summed E-state index contributed by atoms with van der Waals surface area (Å²) < 4.78 is 0. The summed E-state index contributed by atoms with van der Waals surface area (Å²) in [4.78, 5) is 14.3. The van der Waals surface area contributed by atoms with E-state index in [1.165, 1.54) is 25.7 Å². The van der Waals surface area contributed by atoms with Crippen LogP contribution in [0.1, 0.15) is 39.5 Å². The molecule has 0 bridgehead atoms. The van der Waals surface area contributed by atoms with Gasteiger partial charge in [0.05, 0.1) is 6.04 Å². The molecule has 92 valence electrons. The van der Waals surface area contributed by atoms with Crippen molar-refractivity contribution in [1.82, 2.24) is 10.2 Å². The summed E-state index contributed by atoms with van der Waals surface area (Å²) in [5.41, 5.74) is 0. The predicted molar refractivity (Wildman–Crippen MR) is 65.1 cm³/mol. The van der Waals surface area contributed by atoms with Gasteiger partial charge in [-0.05, 0) is 51.0 Å². The minimum absolute atomic E-state index is 0.0555. The molecule has 0 aromatic heterocycles. The minimum Gasteiger partial charge on any atom is -0.341 e. The molecule has 0 spiro atoms. The van der Waals surface area contributed by atoms with Crippen molar-refractivity contribution in [1.29, 1.82) is 0 Å². The Labute approximate surface area is 98.6 Å². The van der Waals surface area contributed by atoms with Gasteiger partial charge in [0.1, 0.15) is 0 Å². The van der Waals surface area contributed by atoms with Gasteiger partial charge in [0.2, 0.25) is 5.91 Å². The summed E-state index contributed by atoms with van der Waals surface area (Å²) in [5.74, 6) is 1.54. The molecule has 3 unspecified atom stereocenters. The minimum atomic E-state index is 0.0555. The quantitative estimate of drug-likeness (QED) is 0.790. The van der Waals surface area contributed by atoms with E-state index in [4.69, 9.17) is 0 Å². The summed E-state index contributed by atoms with van der Waals surface area (Å²) in [6.45, 7) is 5.36. The second-order valence-corrected chi connectivity index (χ2v) is 5.58. The van der Waals surface area contributed by atoms with Gasteiger partial charge in [0.25, 0.3) is 0 Å². The van der Waals surface area contributed by atoms with Crippen LogP contribution in [0.3, 0.4) is 0 Å². The van der Waals surface area contributed by atoms with Crippen LogP contribution in [0.25, 0.3) is 0 Å². The average molecular weight is 224 g/mol. The molecule has 0 radical (unpaired) electrons. The topological polar surface area (TPSA) is 32.3 Å². The lowest BCUT2D eigenvalue weighted by Gasteiger charge is -2.34. The highest BCUT2D eigenvalue weighted by Crippen LogP contribution is 2.35. The average Bonchev–Trinajstić information content (AvgIpc) is 3.11. The van der Waals surface area contributed by atoms with Crippen molar-refractivity contribution in [3.8, 4) is 0 Å². The lowest BCUT2D eigenvalue weighted by atomic mass is 9.91. The number of hydrogen-bond acceptors (Lipinski definition) is 2. The number of carbonyl (C=O) groups excluding carboxylic acids is 1. The third-order valence-corrected chi connectivity index (χ3v) is 4.30. The first kappa shape index (κ1) is 11.9. The molecule has 0 aromatic rings. The molecule has 1 aliphatic heterocycles. The van der Waals surface area contributed by atoms with Gasteiger partial charge in [-0.25, -0.2) is 0 Å². The van der Waals surface area contributed by atoms with Crippen LogP contribution in [-0.2, 0) is 4.79 Å². The maximum atomic E-state index is 12.3. The van der Waals surface area contributed by atoms with Crippen LogP contribution in [0.2, 0.25) is 0 Å². The van der Waals surface area contributed by atoms with Gasteiger partial charge in [-0.2, -0.15) is 0 Å². The van der Waals surface area contributed by atoms with Gasteiger partial charge in [0, 0.05) is 13.1 Å². The third kappa shape index (κ3) is 2.40. The van der Waals surface area contributed by atoms with E-state index in [1.54, 1.807) is 0 Å². The lowest BCUT2D eigenvalue weighted by molar-refractivity contribution is -0.136. The van der Waals surface area contributed by atoms with Gasteiger partial charge in [-0.15, -0.1) is 0 Å². The maximum absolute atomic E-state index is 12.3. The van der Waals surface area contributed by atoms with Crippen LogP contribution in [0.5, 0.6) is 0 Å². The van der Waals surface area contributed by atoms with E-state index < -0.39 is 0 Å². The van der Waals surface area contributed by atoms with E-state index in [0.29, 0.717) is 17.9 Å². The summed E-state index contributed by atoms with van der Waals surface area (Å²) in [7, 11) is 1.97. The van der Waals surface area contributed by atoms with Gasteiger partial charge in [-0.1, -0.05) is 6.92 Å². The monoisotopic (exact) mass is 224 g/mol. The number of rotatable bonds is 3. The number of amides is 1. The summed E-state index contributed by atoms with van der Waals surface area (Å²) in [5, 5.41) is 3.37. The Morgan fingerprint density at radius 2 is 2.06 bits per heavy atom. The van der Waals surface area contributed by atoms with Crippen molar-refractivity contribution >= 4 is 5.91 Å². The Balaban J connectivity index is 1.94. The molecule has 2 aliphatic rings. The molecular formula is C13H24N2O. The van der Waals surface area contributed by atoms with Crippen molar-refractivity contribution in [2.75, 3.05) is 13.6 Å². The van der Waals surface area contributed by atoms with Crippen LogP contribution >= 0.6 is 0 Å². The van der Waals surface area contributed by atoms with Crippen LogP contribution in [0.15, 0.2) is 0 Å². The summed E-state index contributed by atoms with van der Waals surface area (Å²) in [6.07, 6.45) is 4.97. The predicted octanol–water partition coefficient (Wildman–Crippen LogP) is 1.63. The molecule has 1 saturated heterocycles. The first-order chi connectivity index (χ1) is 7.61. The molecule has 1 amide bonds. The number of carbonyl (C=O) groups is 1. The van der Waals surface area contributed by atoms with Crippen LogP contribution in [0.4, 0.5) is 0 Å². The maximum Gasteiger partial charge on any atom is 0.239 e. The Morgan fingerprint density at radius 1 is 1.38 bits per heavy atom. The largest absolute Gasteiger partial charge is 0.341 e. The molecule has 2 fully saturated rings. The normalized spacial score (nSPS) is 32.2. The number of nitrogens with zero attached hydrogens (tertiary/aromatic N) is 1. The number of nitrogens with one attached hydrogen (secondary N) is 1. The second kappa shape index (κ2) is 4.74. The first-order valence-electron chi connectivity index (χ1n) is 6.61. The molecule has 3 heteroatoms. The van der Waals surface area contributed by atoms with Gasteiger partial charge < -0.3 is 10.2 Å². The van der Waals surface area contributed by atoms with E-state index >= 15 is 0 Å². The van der Waals surface area contributed by atoms with Crippen molar-refractivity contribution in [3.63, 3.8) is 0 Å². The van der Waals surface area contributed by atoms with E-state index in [2.05, 4.69) is 19.2 Å². The third-order valence-electron chi connectivity index (χ3n) is 4.30. The molecule has 0 aromatic carbocycles. The first-order valence-corrected chi connectivity index (χ1v) is 6.61. The number of hydrogen-bond donors (Lipinski definition) is 1. The molecular weight excluding hydrogens is 200 g/mol. The molecule has 2 rings (SSSR count). The zero-order chi connectivity index (χ0) is 11.7. The summed E-state index contributed by atoms with van der Waals surface area (Å²) in [6, 6.07) is 0.475. The van der Waals surface area contributed by atoms with Gasteiger partial charge in [-0.3, -0.25) is 4.79 Å². The Morgan fingerprint density at radius 3 is 2.62 bits per heavy atom.